The molecule has 1 aliphatic carbocycles. The molecule has 6 rings (SSSR count). The number of nitrogens with zero attached hydrogens (tertiary/aromatic N) is 1. The van der Waals surface area contributed by atoms with Gasteiger partial charge in [0.25, 0.3) is 0 Å². The van der Waals surface area contributed by atoms with E-state index in [-0.39, 0.29) is 10.2 Å². The van der Waals surface area contributed by atoms with E-state index >= 15 is 0 Å². The number of hydrogen-bond donors (Lipinski definition) is 0. The van der Waals surface area contributed by atoms with Crippen LogP contribution in [0.25, 0.3) is 26.6 Å². The molecule has 3 heteroatoms. The van der Waals surface area contributed by atoms with E-state index in [2.05, 4.69) is 118 Å². The van der Waals surface area contributed by atoms with Gasteiger partial charge in [-0.3, -0.25) is 0 Å². The van der Waals surface area contributed by atoms with Crippen molar-refractivity contribution in [2.24, 2.45) is 5.41 Å². The molecule has 3 aromatic carbocycles. The van der Waals surface area contributed by atoms with Crippen molar-refractivity contribution >= 4 is 39.2 Å². The van der Waals surface area contributed by atoms with E-state index in [0.717, 1.165) is 10.4 Å². The Labute approximate surface area is 203 Å². The standard InChI is InChI=1S/C30H25NS2/c1-29(2)25(21-15-9-5-10-16-21)26-27(32-28(31-26)22-17-11-6-12-18-22)23-19-24(33-30(23,29)3)20-13-7-4-8-14-20/h4-19H,1-3H3. The second kappa shape index (κ2) is 7.58. The Hall–Kier alpha value is -2.88. The third kappa shape index (κ3) is 3.10. The lowest BCUT2D eigenvalue weighted by molar-refractivity contribution is 0.428. The molecule has 162 valence electrons. The van der Waals surface area contributed by atoms with Crippen molar-refractivity contribution in [1.82, 2.24) is 4.98 Å². The number of hydrogen-bond acceptors (Lipinski definition) is 3. The molecule has 0 radical (unpaired) electrons. The van der Waals surface area contributed by atoms with Crippen LogP contribution in [-0.2, 0) is 0 Å². The molecule has 0 amide bonds. The van der Waals surface area contributed by atoms with Gasteiger partial charge in [0.2, 0.25) is 0 Å². The van der Waals surface area contributed by atoms with E-state index in [9.17, 15) is 0 Å². The molecule has 2 aliphatic rings. The topological polar surface area (TPSA) is 12.9 Å². The third-order valence-electron chi connectivity index (χ3n) is 7.17. The van der Waals surface area contributed by atoms with Gasteiger partial charge in [-0.1, -0.05) is 105 Å². The van der Waals surface area contributed by atoms with Crippen LogP contribution in [0.15, 0.2) is 97.1 Å². The highest BCUT2D eigenvalue weighted by Crippen LogP contribution is 2.62. The van der Waals surface area contributed by atoms with E-state index < -0.39 is 0 Å². The molecule has 1 aromatic heterocycles. The van der Waals surface area contributed by atoms with Crippen LogP contribution in [0.5, 0.6) is 0 Å². The maximum Gasteiger partial charge on any atom is 0.124 e. The fraction of sp³-hybridized carbons (Fsp3) is 0.167. The Kier molecular flexibility index (Phi) is 4.76. The summed E-state index contributed by atoms with van der Waals surface area (Å²) in [5.41, 5.74) is 6.38. The summed E-state index contributed by atoms with van der Waals surface area (Å²) in [5, 5.41) is 2.24. The summed E-state index contributed by atoms with van der Waals surface area (Å²) in [5.74, 6) is 0. The average molecular weight is 464 g/mol. The number of allylic oxidation sites excluding steroid dienone is 1. The van der Waals surface area contributed by atoms with Crippen LogP contribution < -0.4 is 9.88 Å². The number of aromatic nitrogens is 1. The molecule has 0 bridgehead atoms. The predicted octanol–water partition coefficient (Wildman–Crippen LogP) is 6.75. The summed E-state index contributed by atoms with van der Waals surface area (Å²) in [6, 6.07) is 32.2. The molecule has 4 aromatic rings. The zero-order chi connectivity index (χ0) is 22.6. The summed E-state index contributed by atoms with van der Waals surface area (Å²) >= 11 is 3.84. The van der Waals surface area contributed by atoms with Gasteiger partial charge in [0, 0.05) is 15.9 Å². The second-order valence-corrected chi connectivity index (χ2v) is 11.8. The van der Waals surface area contributed by atoms with E-state index in [0.29, 0.717) is 0 Å². The smallest absolute Gasteiger partial charge is 0.124 e. The van der Waals surface area contributed by atoms with Gasteiger partial charge in [-0.2, -0.15) is 0 Å². The summed E-state index contributed by atoms with van der Waals surface area (Å²) < 4.78 is 1.23. The monoisotopic (exact) mass is 463 g/mol. The molecule has 1 atom stereocenters. The van der Waals surface area contributed by atoms with E-state index in [1.165, 1.54) is 37.3 Å². The molecule has 0 saturated heterocycles. The number of benzene rings is 3. The number of fused-ring (bicyclic) bond motifs is 2. The zero-order valence-corrected chi connectivity index (χ0v) is 20.6. The lowest BCUT2D eigenvalue weighted by Crippen LogP contribution is -2.50. The van der Waals surface area contributed by atoms with Crippen LogP contribution in [0.2, 0.25) is 0 Å². The lowest BCUT2D eigenvalue weighted by Gasteiger charge is -2.45. The molecule has 0 N–H and O–H groups in total. The molecular formula is C30H25NS2. The van der Waals surface area contributed by atoms with Crippen LogP contribution in [-0.4, -0.2) is 9.73 Å². The molecule has 1 unspecified atom stereocenters. The quantitative estimate of drug-likeness (QED) is 0.333. The van der Waals surface area contributed by atoms with Gasteiger partial charge < -0.3 is 0 Å². The largest absolute Gasteiger partial charge is 0.236 e. The molecule has 33 heavy (non-hydrogen) atoms. The molecule has 0 saturated carbocycles. The summed E-state index contributed by atoms with van der Waals surface area (Å²) in [6.07, 6.45) is 2.43. The zero-order valence-electron chi connectivity index (χ0n) is 19.0. The predicted molar refractivity (Wildman–Crippen MR) is 143 cm³/mol. The van der Waals surface area contributed by atoms with E-state index in [4.69, 9.17) is 4.98 Å². The number of thioether (sulfide) groups is 1. The van der Waals surface area contributed by atoms with Crippen molar-refractivity contribution in [3.05, 3.63) is 118 Å². The summed E-state index contributed by atoms with van der Waals surface area (Å²) in [4.78, 5) is 6.63. The minimum atomic E-state index is -0.115. The number of rotatable bonds is 3. The first-order chi connectivity index (χ1) is 16.0. The Morgan fingerprint density at radius 2 is 1.21 bits per heavy atom. The van der Waals surface area contributed by atoms with Gasteiger partial charge >= 0.3 is 0 Å². The SMILES string of the molecule is CC1(C)C(c2ccccc2)=c2nc(-c3ccccc3)sc2=C2C=C(c3ccccc3)SC21C. The summed E-state index contributed by atoms with van der Waals surface area (Å²) in [6.45, 7) is 7.22. The molecule has 2 heterocycles. The minimum Gasteiger partial charge on any atom is -0.236 e. The van der Waals surface area contributed by atoms with Crippen LogP contribution in [0.1, 0.15) is 31.9 Å². The first-order valence-electron chi connectivity index (χ1n) is 11.3. The maximum absolute atomic E-state index is 5.29. The van der Waals surface area contributed by atoms with Gasteiger partial charge in [-0.25, -0.2) is 4.98 Å². The van der Waals surface area contributed by atoms with Crippen molar-refractivity contribution in [1.29, 1.82) is 0 Å². The van der Waals surface area contributed by atoms with E-state index in [1.54, 1.807) is 0 Å². The highest BCUT2D eigenvalue weighted by molar-refractivity contribution is 8.10. The van der Waals surface area contributed by atoms with Crippen LogP contribution in [0.4, 0.5) is 0 Å². The fourth-order valence-electron chi connectivity index (χ4n) is 5.08. The van der Waals surface area contributed by atoms with Crippen molar-refractivity contribution in [3.8, 4) is 10.6 Å². The second-order valence-electron chi connectivity index (χ2n) is 9.35. The highest BCUT2D eigenvalue weighted by atomic mass is 32.2. The Morgan fingerprint density at radius 1 is 0.667 bits per heavy atom. The van der Waals surface area contributed by atoms with E-state index in [1.807, 2.05) is 23.1 Å². The van der Waals surface area contributed by atoms with Crippen molar-refractivity contribution in [3.63, 3.8) is 0 Å². The molecule has 1 aliphatic heterocycles. The molecular weight excluding hydrogens is 438 g/mol. The first-order valence-corrected chi connectivity index (χ1v) is 13.0. The first kappa shape index (κ1) is 20.7. The summed E-state index contributed by atoms with van der Waals surface area (Å²) in [7, 11) is 0. The van der Waals surface area contributed by atoms with Crippen LogP contribution in [0.3, 0.4) is 0 Å². The van der Waals surface area contributed by atoms with Gasteiger partial charge in [0.05, 0.1) is 14.6 Å². The molecule has 1 nitrogen and oxygen atoms in total. The van der Waals surface area contributed by atoms with Gasteiger partial charge in [-0.05, 0) is 35.3 Å². The van der Waals surface area contributed by atoms with Crippen molar-refractivity contribution < 1.29 is 0 Å². The molecule has 0 spiro atoms. The number of thiazole rings is 1. The Bertz CT molecular complexity index is 1500. The Morgan fingerprint density at radius 3 is 1.82 bits per heavy atom. The third-order valence-corrected chi connectivity index (χ3v) is 10.0. The average Bonchev–Trinajstić information content (AvgIpc) is 3.43. The Balaban J connectivity index is 1.72. The normalized spacial score (nSPS) is 20.9. The van der Waals surface area contributed by atoms with Gasteiger partial charge in [0.1, 0.15) is 5.01 Å². The highest BCUT2D eigenvalue weighted by Gasteiger charge is 2.53. The van der Waals surface area contributed by atoms with Crippen LogP contribution in [0, 0.1) is 5.41 Å². The minimum absolute atomic E-state index is 0.0865. The lowest BCUT2D eigenvalue weighted by atomic mass is 9.66. The van der Waals surface area contributed by atoms with Gasteiger partial charge in [-0.15, -0.1) is 23.1 Å². The van der Waals surface area contributed by atoms with Crippen molar-refractivity contribution in [2.45, 2.75) is 25.5 Å². The maximum atomic E-state index is 5.29. The molecule has 0 fully saturated rings. The fourth-order valence-corrected chi connectivity index (χ4v) is 7.84. The van der Waals surface area contributed by atoms with Crippen molar-refractivity contribution in [2.75, 3.05) is 0 Å². The van der Waals surface area contributed by atoms with Gasteiger partial charge in [0.15, 0.2) is 0 Å². The van der Waals surface area contributed by atoms with Crippen LogP contribution >= 0.6 is 23.1 Å².